The van der Waals surface area contributed by atoms with Crippen LogP contribution in [0.1, 0.15) is 17.0 Å². The van der Waals surface area contributed by atoms with E-state index >= 15 is 0 Å². The monoisotopic (exact) mass is 353 g/mol. The van der Waals surface area contributed by atoms with Crippen molar-refractivity contribution in [3.63, 3.8) is 0 Å². The molecule has 0 unspecified atom stereocenters. The molecule has 1 N–H and O–H groups in total. The molecule has 0 bridgehead atoms. The Kier molecular flexibility index (Phi) is 4.23. The Morgan fingerprint density at radius 3 is 2.60 bits per heavy atom. The number of hydrogen-bond acceptors (Lipinski definition) is 5. The van der Waals surface area contributed by atoms with Gasteiger partial charge >= 0.3 is 0 Å². The molecule has 1 aliphatic heterocycles. The van der Waals surface area contributed by atoms with Gasteiger partial charge in [-0.1, -0.05) is 41.6 Å². The minimum atomic E-state index is -0.255. The number of fused-ring (bicyclic) bond motifs is 1. The minimum absolute atomic E-state index is 0.255. The number of aryl methyl sites for hydroxylation is 1. The molecule has 2 heterocycles. The van der Waals surface area contributed by atoms with Gasteiger partial charge in [0.2, 0.25) is 5.16 Å². The standard InChI is InChI=1S/C18H16FN5S/c1-12-2-4-13(5-3-12)16-11-25-18-22-21-17(24(18)23-16)10-20-15-8-6-14(19)7-9-15/h2-9,20H,10-11H2,1H3. The van der Waals surface area contributed by atoms with Crippen LogP contribution in [0.4, 0.5) is 10.1 Å². The molecule has 0 spiro atoms. The normalized spacial score (nSPS) is 13.3. The number of benzene rings is 2. The predicted octanol–water partition coefficient (Wildman–Crippen LogP) is 3.70. The first-order valence-corrected chi connectivity index (χ1v) is 8.89. The van der Waals surface area contributed by atoms with E-state index in [4.69, 9.17) is 5.10 Å². The zero-order chi connectivity index (χ0) is 17.2. The van der Waals surface area contributed by atoms with E-state index in [1.165, 1.54) is 17.7 Å². The summed E-state index contributed by atoms with van der Waals surface area (Å²) >= 11 is 1.62. The van der Waals surface area contributed by atoms with Gasteiger partial charge in [-0.15, -0.1) is 10.2 Å². The zero-order valence-corrected chi connectivity index (χ0v) is 14.4. The van der Waals surface area contributed by atoms with Gasteiger partial charge in [0.1, 0.15) is 5.82 Å². The van der Waals surface area contributed by atoms with Crippen LogP contribution in [0, 0.1) is 12.7 Å². The van der Waals surface area contributed by atoms with Crippen molar-refractivity contribution in [2.24, 2.45) is 5.10 Å². The Morgan fingerprint density at radius 1 is 1.08 bits per heavy atom. The zero-order valence-electron chi connectivity index (χ0n) is 13.6. The summed E-state index contributed by atoms with van der Waals surface area (Å²) in [5.74, 6) is 1.23. The highest BCUT2D eigenvalue weighted by Gasteiger charge is 2.19. The molecule has 0 saturated carbocycles. The van der Waals surface area contributed by atoms with Crippen LogP contribution in [0.3, 0.4) is 0 Å². The van der Waals surface area contributed by atoms with Crippen molar-refractivity contribution in [2.45, 2.75) is 18.6 Å². The van der Waals surface area contributed by atoms with Gasteiger partial charge in [0.05, 0.1) is 12.3 Å². The van der Waals surface area contributed by atoms with E-state index < -0.39 is 0 Å². The second kappa shape index (κ2) is 6.68. The summed E-state index contributed by atoms with van der Waals surface area (Å²) in [6.07, 6.45) is 0. The van der Waals surface area contributed by atoms with Crippen molar-refractivity contribution in [1.29, 1.82) is 0 Å². The maximum atomic E-state index is 13.0. The summed E-state index contributed by atoms with van der Waals surface area (Å²) in [5.41, 5.74) is 4.15. The van der Waals surface area contributed by atoms with Crippen LogP contribution in [0.5, 0.6) is 0 Å². The molecule has 4 rings (SSSR count). The average molecular weight is 353 g/mol. The molecular formula is C18H16FN5S. The number of halogens is 1. The quantitative estimate of drug-likeness (QED) is 0.777. The first kappa shape index (κ1) is 15.8. The largest absolute Gasteiger partial charge is 0.378 e. The third-order valence-corrected chi connectivity index (χ3v) is 4.85. The Bertz CT molecular complexity index is 916. The summed E-state index contributed by atoms with van der Waals surface area (Å²) in [6.45, 7) is 2.53. The van der Waals surface area contributed by atoms with Gasteiger partial charge in [-0.25, -0.2) is 4.39 Å². The van der Waals surface area contributed by atoms with Crippen molar-refractivity contribution in [3.05, 3.63) is 71.3 Å². The number of anilines is 1. The summed E-state index contributed by atoms with van der Waals surface area (Å²) in [4.78, 5) is 0. The lowest BCUT2D eigenvalue weighted by Gasteiger charge is -2.14. The van der Waals surface area contributed by atoms with Gasteiger partial charge < -0.3 is 5.32 Å². The number of thioether (sulfide) groups is 1. The Hall–Kier alpha value is -2.67. The Morgan fingerprint density at radius 2 is 1.84 bits per heavy atom. The van der Waals surface area contributed by atoms with Crippen molar-refractivity contribution in [3.8, 4) is 0 Å². The molecule has 0 aliphatic carbocycles. The van der Waals surface area contributed by atoms with E-state index in [2.05, 4.69) is 46.7 Å². The molecular weight excluding hydrogens is 337 g/mol. The second-order valence-electron chi connectivity index (χ2n) is 5.77. The van der Waals surface area contributed by atoms with Crippen LogP contribution in [-0.2, 0) is 6.54 Å². The number of nitrogens with one attached hydrogen (secondary N) is 1. The molecule has 1 aliphatic rings. The van der Waals surface area contributed by atoms with Crippen LogP contribution in [0.15, 0.2) is 58.8 Å². The van der Waals surface area contributed by atoms with E-state index in [1.807, 2.05) is 0 Å². The first-order valence-electron chi connectivity index (χ1n) is 7.90. The molecule has 7 heteroatoms. The number of nitrogens with zero attached hydrogens (tertiary/aromatic N) is 4. The molecule has 0 saturated heterocycles. The molecule has 5 nitrogen and oxygen atoms in total. The fourth-order valence-corrected chi connectivity index (χ4v) is 3.37. The van der Waals surface area contributed by atoms with Crippen LogP contribution >= 0.6 is 11.8 Å². The Balaban J connectivity index is 1.56. The van der Waals surface area contributed by atoms with E-state index in [0.717, 1.165) is 33.7 Å². The van der Waals surface area contributed by atoms with Crippen molar-refractivity contribution in [1.82, 2.24) is 14.9 Å². The highest BCUT2D eigenvalue weighted by molar-refractivity contribution is 7.99. The van der Waals surface area contributed by atoms with Crippen LogP contribution in [0.2, 0.25) is 0 Å². The second-order valence-corrected chi connectivity index (χ2v) is 6.71. The smallest absolute Gasteiger partial charge is 0.212 e. The summed E-state index contributed by atoms with van der Waals surface area (Å²) in [5, 5.41) is 17.1. The average Bonchev–Trinajstić information content (AvgIpc) is 3.04. The van der Waals surface area contributed by atoms with E-state index in [0.29, 0.717) is 6.54 Å². The van der Waals surface area contributed by atoms with E-state index in [-0.39, 0.29) is 5.82 Å². The summed E-state index contributed by atoms with van der Waals surface area (Å²) in [7, 11) is 0. The van der Waals surface area contributed by atoms with Gasteiger partial charge in [0.25, 0.3) is 0 Å². The summed E-state index contributed by atoms with van der Waals surface area (Å²) in [6, 6.07) is 14.6. The third-order valence-electron chi connectivity index (χ3n) is 3.91. The first-order chi connectivity index (χ1) is 12.2. The Labute approximate surface area is 149 Å². The van der Waals surface area contributed by atoms with Crippen LogP contribution in [0.25, 0.3) is 0 Å². The van der Waals surface area contributed by atoms with Gasteiger partial charge in [0, 0.05) is 11.4 Å². The molecule has 0 atom stereocenters. The third kappa shape index (κ3) is 3.41. The highest BCUT2D eigenvalue weighted by Crippen LogP contribution is 2.24. The van der Waals surface area contributed by atoms with Crippen molar-refractivity contribution < 1.29 is 4.39 Å². The maximum Gasteiger partial charge on any atom is 0.212 e. The molecule has 126 valence electrons. The lowest BCUT2D eigenvalue weighted by Crippen LogP contribution is -2.15. The van der Waals surface area contributed by atoms with E-state index in [9.17, 15) is 4.39 Å². The topological polar surface area (TPSA) is 55.1 Å². The minimum Gasteiger partial charge on any atom is -0.378 e. The number of rotatable bonds is 4. The van der Waals surface area contributed by atoms with E-state index in [1.54, 1.807) is 28.6 Å². The van der Waals surface area contributed by atoms with Crippen molar-refractivity contribution in [2.75, 3.05) is 11.1 Å². The fourth-order valence-electron chi connectivity index (χ4n) is 2.51. The maximum absolute atomic E-state index is 13.0. The lowest BCUT2D eigenvalue weighted by atomic mass is 10.1. The molecule has 0 fully saturated rings. The molecule has 0 radical (unpaired) electrons. The van der Waals surface area contributed by atoms with Gasteiger partial charge in [0.15, 0.2) is 5.82 Å². The molecule has 0 amide bonds. The number of aromatic nitrogens is 3. The van der Waals surface area contributed by atoms with Crippen molar-refractivity contribution >= 4 is 23.2 Å². The van der Waals surface area contributed by atoms with Gasteiger partial charge in [-0.05, 0) is 36.8 Å². The highest BCUT2D eigenvalue weighted by atomic mass is 32.2. The fraction of sp³-hybridized carbons (Fsp3) is 0.167. The van der Waals surface area contributed by atoms with Gasteiger partial charge in [-0.2, -0.15) is 9.78 Å². The SMILES string of the molecule is Cc1ccc(C2=Nn3c(CNc4ccc(F)cc4)nnc3SC2)cc1. The lowest BCUT2D eigenvalue weighted by molar-refractivity contribution is 0.628. The molecule has 3 aromatic rings. The molecule has 1 aromatic heterocycles. The molecule has 25 heavy (non-hydrogen) atoms. The van der Waals surface area contributed by atoms with Crippen LogP contribution in [-0.4, -0.2) is 26.3 Å². The summed E-state index contributed by atoms with van der Waals surface area (Å²) < 4.78 is 14.8. The van der Waals surface area contributed by atoms with Gasteiger partial charge in [-0.3, -0.25) is 0 Å². The molecule has 2 aromatic carbocycles. The predicted molar refractivity (Wildman–Crippen MR) is 97.6 cm³/mol. The number of hydrogen-bond donors (Lipinski definition) is 1. The van der Waals surface area contributed by atoms with Crippen LogP contribution < -0.4 is 5.32 Å².